The summed E-state index contributed by atoms with van der Waals surface area (Å²) < 4.78 is 5.63. The largest absolute Gasteiger partial charge is 0.480 e. The van der Waals surface area contributed by atoms with E-state index in [2.05, 4.69) is 4.98 Å². The second-order valence-electron chi connectivity index (χ2n) is 6.10. The van der Waals surface area contributed by atoms with Crippen LogP contribution in [-0.4, -0.2) is 32.9 Å². The number of fused-ring (bicyclic) bond motifs is 1. The monoisotopic (exact) mass is 352 g/mol. The molecular weight excluding hydrogens is 332 g/mol. The van der Waals surface area contributed by atoms with Gasteiger partial charge in [0.05, 0.1) is 0 Å². The van der Waals surface area contributed by atoms with Gasteiger partial charge in [0.2, 0.25) is 5.91 Å². The van der Waals surface area contributed by atoms with Crippen LogP contribution in [0.15, 0.2) is 59.0 Å². The summed E-state index contributed by atoms with van der Waals surface area (Å²) in [7, 11) is 0. The third kappa shape index (κ3) is 4.08. The molecule has 0 saturated carbocycles. The minimum atomic E-state index is -1.03. The summed E-state index contributed by atoms with van der Waals surface area (Å²) in [5, 5.41) is 9.34. The van der Waals surface area contributed by atoms with Gasteiger partial charge in [0.15, 0.2) is 11.5 Å². The van der Waals surface area contributed by atoms with Crippen LogP contribution in [0.4, 0.5) is 0 Å². The van der Waals surface area contributed by atoms with Crippen LogP contribution >= 0.6 is 0 Å². The minimum absolute atomic E-state index is 0.136. The van der Waals surface area contributed by atoms with Gasteiger partial charge in [0.25, 0.3) is 0 Å². The van der Waals surface area contributed by atoms with Crippen LogP contribution in [0, 0.1) is 0 Å². The van der Waals surface area contributed by atoms with Gasteiger partial charge < -0.3 is 14.4 Å². The SMILES string of the molecule is CC(C(=O)O)N(Cc1ccccc1)C(=O)CCc1nc2ccccc2o1. The zero-order chi connectivity index (χ0) is 18.5. The summed E-state index contributed by atoms with van der Waals surface area (Å²) in [6.45, 7) is 1.77. The van der Waals surface area contributed by atoms with Crippen LogP contribution in [0.1, 0.15) is 24.8 Å². The van der Waals surface area contributed by atoms with Crippen molar-refractivity contribution in [3.8, 4) is 0 Å². The van der Waals surface area contributed by atoms with Gasteiger partial charge in [-0.05, 0) is 24.6 Å². The Morgan fingerprint density at radius 3 is 2.50 bits per heavy atom. The molecule has 0 bridgehead atoms. The number of aliphatic carboxylic acids is 1. The van der Waals surface area contributed by atoms with Gasteiger partial charge in [-0.2, -0.15) is 0 Å². The van der Waals surface area contributed by atoms with Crippen LogP contribution in [-0.2, 0) is 22.6 Å². The number of nitrogens with zero attached hydrogens (tertiary/aromatic N) is 2. The number of rotatable bonds is 7. The van der Waals surface area contributed by atoms with E-state index in [1.807, 2.05) is 54.6 Å². The van der Waals surface area contributed by atoms with E-state index >= 15 is 0 Å². The Morgan fingerprint density at radius 2 is 1.81 bits per heavy atom. The first-order valence-corrected chi connectivity index (χ1v) is 8.45. The standard InChI is InChI=1S/C20H20N2O4/c1-14(20(24)25)22(13-15-7-3-2-4-8-15)19(23)12-11-18-21-16-9-5-6-10-17(16)26-18/h2-10,14H,11-13H2,1H3,(H,24,25). The zero-order valence-corrected chi connectivity index (χ0v) is 14.5. The van der Waals surface area contributed by atoms with Gasteiger partial charge in [-0.1, -0.05) is 42.5 Å². The summed E-state index contributed by atoms with van der Waals surface area (Å²) in [5.74, 6) is -0.802. The van der Waals surface area contributed by atoms with Crippen LogP contribution in [0.25, 0.3) is 11.1 Å². The van der Waals surface area contributed by atoms with Gasteiger partial charge >= 0.3 is 5.97 Å². The molecule has 1 N–H and O–H groups in total. The number of amides is 1. The molecule has 134 valence electrons. The van der Waals surface area contributed by atoms with Crippen molar-refractivity contribution in [2.45, 2.75) is 32.4 Å². The van der Waals surface area contributed by atoms with Crippen molar-refractivity contribution in [1.29, 1.82) is 0 Å². The van der Waals surface area contributed by atoms with Crippen LogP contribution in [0.3, 0.4) is 0 Å². The molecule has 3 rings (SSSR count). The second-order valence-corrected chi connectivity index (χ2v) is 6.10. The normalized spacial score (nSPS) is 12.0. The van der Waals surface area contributed by atoms with Crippen molar-refractivity contribution in [3.63, 3.8) is 0 Å². The lowest BCUT2D eigenvalue weighted by Gasteiger charge is -2.26. The Balaban J connectivity index is 1.71. The number of carboxylic acids is 1. The highest BCUT2D eigenvalue weighted by Crippen LogP contribution is 2.17. The number of carbonyl (C=O) groups excluding carboxylic acids is 1. The molecule has 0 aliphatic rings. The number of hydrogen-bond acceptors (Lipinski definition) is 4. The number of oxazole rings is 1. The predicted molar refractivity (Wildman–Crippen MR) is 96.4 cm³/mol. The number of para-hydroxylation sites is 2. The first-order valence-electron chi connectivity index (χ1n) is 8.45. The quantitative estimate of drug-likeness (QED) is 0.705. The molecule has 1 heterocycles. The molecule has 6 heteroatoms. The fraction of sp³-hybridized carbons (Fsp3) is 0.250. The summed E-state index contributed by atoms with van der Waals surface area (Å²) >= 11 is 0. The van der Waals surface area contributed by atoms with Crippen molar-refractivity contribution in [3.05, 3.63) is 66.1 Å². The summed E-state index contributed by atoms with van der Waals surface area (Å²) in [4.78, 5) is 29.8. The van der Waals surface area contributed by atoms with E-state index in [9.17, 15) is 14.7 Å². The number of carbonyl (C=O) groups is 2. The number of aromatic nitrogens is 1. The molecular formula is C20H20N2O4. The average molecular weight is 352 g/mol. The molecule has 0 saturated heterocycles. The van der Waals surface area contributed by atoms with Crippen molar-refractivity contribution in [2.75, 3.05) is 0 Å². The maximum absolute atomic E-state index is 12.7. The third-order valence-corrected chi connectivity index (χ3v) is 4.23. The lowest BCUT2D eigenvalue weighted by Crippen LogP contribution is -2.42. The zero-order valence-electron chi connectivity index (χ0n) is 14.5. The molecule has 2 aromatic carbocycles. The fourth-order valence-electron chi connectivity index (χ4n) is 2.74. The Labute approximate surface area is 151 Å². The van der Waals surface area contributed by atoms with Gasteiger partial charge in [-0.15, -0.1) is 0 Å². The number of carboxylic acid groups (broad SMARTS) is 1. The van der Waals surface area contributed by atoms with E-state index in [-0.39, 0.29) is 18.9 Å². The van der Waals surface area contributed by atoms with E-state index in [0.29, 0.717) is 17.9 Å². The minimum Gasteiger partial charge on any atom is -0.480 e. The highest BCUT2D eigenvalue weighted by molar-refractivity contribution is 5.83. The molecule has 1 unspecified atom stereocenters. The summed E-state index contributed by atoms with van der Waals surface area (Å²) in [5.41, 5.74) is 2.31. The molecule has 6 nitrogen and oxygen atoms in total. The van der Waals surface area contributed by atoms with E-state index in [1.54, 1.807) is 0 Å². The molecule has 3 aromatic rings. The van der Waals surface area contributed by atoms with Crippen LogP contribution in [0.2, 0.25) is 0 Å². The lowest BCUT2D eigenvalue weighted by molar-refractivity contribution is -0.150. The first kappa shape index (κ1) is 17.7. The van der Waals surface area contributed by atoms with Crippen LogP contribution < -0.4 is 0 Å². The van der Waals surface area contributed by atoms with Crippen molar-refractivity contribution >= 4 is 23.0 Å². The molecule has 0 spiro atoms. The van der Waals surface area contributed by atoms with Gasteiger partial charge in [-0.25, -0.2) is 9.78 Å². The fourth-order valence-corrected chi connectivity index (χ4v) is 2.74. The van der Waals surface area contributed by atoms with E-state index in [0.717, 1.165) is 11.1 Å². The summed E-state index contributed by atoms with van der Waals surface area (Å²) in [6, 6.07) is 15.8. The smallest absolute Gasteiger partial charge is 0.326 e. The van der Waals surface area contributed by atoms with E-state index < -0.39 is 12.0 Å². The second kappa shape index (κ2) is 7.82. The highest BCUT2D eigenvalue weighted by atomic mass is 16.4. The molecule has 0 radical (unpaired) electrons. The van der Waals surface area contributed by atoms with Crippen LogP contribution in [0.5, 0.6) is 0 Å². The predicted octanol–water partition coefficient (Wildman–Crippen LogP) is 3.26. The Bertz CT molecular complexity index is 871. The maximum Gasteiger partial charge on any atom is 0.326 e. The highest BCUT2D eigenvalue weighted by Gasteiger charge is 2.25. The van der Waals surface area contributed by atoms with Gasteiger partial charge in [-0.3, -0.25) is 4.79 Å². The third-order valence-electron chi connectivity index (χ3n) is 4.23. The Morgan fingerprint density at radius 1 is 1.12 bits per heavy atom. The van der Waals surface area contributed by atoms with Crippen molar-refractivity contribution in [2.24, 2.45) is 0 Å². The van der Waals surface area contributed by atoms with E-state index in [1.165, 1.54) is 11.8 Å². The maximum atomic E-state index is 12.7. The lowest BCUT2D eigenvalue weighted by atomic mass is 10.1. The topological polar surface area (TPSA) is 83.6 Å². The molecule has 1 atom stereocenters. The van der Waals surface area contributed by atoms with E-state index in [4.69, 9.17) is 4.42 Å². The number of hydrogen-bond donors (Lipinski definition) is 1. The van der Waals surface area contributed by atoms with Crippen molar-refractivity contribution in [1.82, 2.24) is 9.88 Å². The Kier molecular flexibility index (Phi) is 5.31. The van der Waals surface area contributed by atoms with Gasteiger partial charge in [0.1, 0.15) is 11.6 Å². The molecule has 0 aliphatic carbocycles. The average Bonchev–Trinajstić information content (AvgIpc) is 3.07. The molecule has 1 aromatic heterocycles. The molecule has 1 amide bonds. The Hall–Kier alpha value is -3.15. The van der Waals surface area contributed by atoms with Crippen molar-refractivity contribution < 1.29 is 19.1 Å². The molecule has 0 aliphatic heterocycles. The number of benzene rings is 2. The molecule has 0 fully saturated rings. The molecule has 26 heavy (non-hydrogen) atoms. The number of aryl methyl sites for hydroxylation is 1. The first-order chi connectivity index (χ1) is 12.5. The summed E-state index contributed by atoms with van der Waals surface area (Å²) in [6.07, 6.45) is 0.461. The van der Waals surface area contributed by atoms with Gasteiger partial charge in [0, 0.05) is 19.4 Å².